The smallest absolute Gasteiger partial charge is 0.258 e. The summed E-state index contributed by atoms with van der Waals surface area (Å²) in [7, 11) is 0. The van der Waals surface area contributed by atoms with Crippen molar-refractivity contribution >= 4 is 23.0 Å². The van der Waals surface area contributed by atoms with Crippen LogP contribution in [0, 0.1) is 5.82 Å². The van der Waals surface area contributed by atoms with Gasteiger partial charge >= 0.3 is 0 Å². The Balaban J connectivity index is 2.53. The van der Waals surface area contributed by atoms with Gasteiger partial charge < -0.3 is 5.73 Å². The zero-order valence-corrected chi connectivity index (χ0v) is 10.4. The second kappa shape index (κ2) is 4.70. The van der Waals surface area contributed by atoms with Crippen molar-refractivity contribution in [2.24, 2.45) is 5.73 Å². The van der Waals surface area contributed by atoms with Gasteiger partial charge in [0.2, 0.25) is 0 Å². The first kappa shape index (κ1) is 12.4. The summed E-state index contributed by atoms with van der Waals surface area (Å²) in [6, 6.07) is 7.77. The van der Waals surface area contributed by atoms with Gasteiger partial charge in [-0.25, -0.2) is 4.39 Å². The number of thiophene rings is 1. The SMILES string of the molecule is CC(=O)c1cccc(-c2ccc(C(N)=O)s2)c1F. The lowest BCUT2D eigenvalue weighted by molar-refractivity contribution is 0.0998. The number of amides is 1. The number of carbonyl (C=O) groups is 2. The molecule has 0 aliphatic heterocycles. The minimum absolute atomic E-state index is 0.0431. The Bertz CT molecular complexity index is 634. The van der Waals surface area contributed by atoms with Gasteiger partial charge in [0, 0.05) is 10.4 Å². The zero-order chi connectivity index (χ0) is 13.3. The molecule has 0 aliphatic carbocycles. The van der Waals surface area contributed by atoms with Gasteiger partial charge in [-0.2, -0.15) is 0 Å². The Kier molecular flexibility index (Phi) is 3.25. The highest BCUT2D eigenvalue weighted by molar-refractivity contribution is 7.17. The molecule has 1 aromatic heterocycles. The van der Waals surface area contributed by atoms with Gasteiger partial charge in [0.25, 0.3) is 5.91 Å². The third kappa shape index (κ3) is 2.17. The number of Topliss-reactive ketones (excluding diaryl/α,β-unsaturated/α-hetero) is 1. The molecule has 1 heterocycles. The van der Waals surface area contributed by atoms with Crippen LogP contribution in [-0.2, 0) is 0 Å². The number of ketones is 1. The van der Waals surface area contributed by atoms with Crippen molar-refractivity contribution in [2.75, 3.05) is 0 Å². The van der Waals surface area contributed by atoms with Crippen LogP contribution in [0.25, 0.3) is 10.4 Å². The number of hydrogen-bond acceptors (Lipinski definition) is 3. The van der Waals surface area contributed by atoms with Gasteiger partial charge in [-0.15, -0.1) is 11.3 Å². The van der Waals surface area contributed by atoms with Crippen molar-refractivity contribution in [3.8, 4) is 10.4 Å². The summed E-state index contributed by atoms with van der Waals surface area (Å²) in [6.07, 6.45) is 0. The Morgan fingerprint density at radius 3 is 2.50 bits per heavy atom. The summed E-state index contributed by atoms with van der Waals surface area (Å²) in [5.74, 6) is -1.45. The minimum atomic E-state index is -0.567. The van der Waals surface area contributed by atoms with E-state index in [4.69, 9.17) is 5.73 Å². The third-order valence-corrected chi connectivity index (χ3v) is 3.63. The number of benzene rings is 1. The van der Waals surface area contributed by atoms with Crippen molar-refractivity contribution < 1.29 is 14.0 Å². The van der Waals surface area contributed by atoms with E-state index in [2.05, 4.69) is 0 Å². The van der Waals surface area contributed by atoms with E-state index in [-0.39, 0.29) is 11.3 Å². The first-order chi connectivity index (χ1) is 8.50. The molecule has 0 radical (unpaired) electrons. The molecule has 1 aromatic carbocycles. The van der Waals surface area contributed by atoms with Gasteiger partial charge in [0.1, 0.15) is 5.82 Å². The van der Waals surface area contributed by atoms with Crippen molar-refractivity contribution in [3.63, 3.8) is 0 Å². The molecule has 0 atom stereocenters. The molecule has 0 saturated carbocycles. The lowest BCUT2D eigenvalue weighted by Crippen LogP contribution is -2.08. The normalized spacial score (nSPS) is 10.3. The van der Waals surface area contributed by atoms with Crippen molar-refractivity contribution in [2.45, 2.75) is 6.92 Å². The fourth-order valence-electron chi connectivity index (χ4n) is 1.61. The molecule has 0 aliphatic rings. The van der Waals surface area contributed by atoms with Gasteiger partial charge in [0.05, 0.1) is 10.4 Å². The predicted octanol–water partition coefficient (Wildman–Crippen LogP) is 2.86. The van der Waals surface area contributed by atoms with Crippen molar-refractivity contribution in [3.05, 3.63) is 46.6 Å². The quantitative estimate of drug-likeness (QED) is 0.865. The Morgan fingerprint density at radius 2 is 1.94 bits per heavy atom. The van der Waals surface area contributed by atoms with Crippen LogP contribution in [0.15, 0.2) is 30.3 Å². The van der Waals surface area contributed by atoms with Crippen LogP contribution in [0.2, 0.25) is 0 Å². The van der Waals surface area contributed by atoms with Crippen LogP contribution in [0.5, 0.6) is 0 Å². The number of rotatable bonds is 3. The second-order valence-corrected chi connectivity index (χ2v) is 4.84. The average Bonchev–Trinajstić information content (AvgIpc) is 2.78. The molecule has 0 bridgehead atoms. The van der Waals surface area contributed by atoms with Crippen LogP contribution in [0.1, 0.15) is 27.0 Å². The van der Waals surface area contributed by atoms with E-state index >= 15 is 0 Å². The van der Waals surface area contributed by atoms with E-state index in [0.717, 1.165) is 11.3 Å². The topological polar surface area (TPSA) is 60.2 Å². The summed E-state index contributed by atoms with van der Waals surface area (Å²) >= 11 is 1.10. The van der Waals surface area contributed by atoms with E-state index in [1.165, 1.54) is 13.0 Å². The fraction of sp³-hybridized carbons (Fsp3) is 0.0769. The van der Waals surface area contributed by atoms with Gasteiger partial charge in [0.15, 0.2) is 5.78 Å². The maximum absolute atomic E-state index is 14.1. The molecule has 92 valence electrons. The van der Waals surface area contributed by atoms with Crippen molar-refractivity contribution in [1.82, 2.24) is 0 Å². The van der Waals surface area contributed by atoms with Crippen LogP contribution in [0.3, 0.4) is 0 Å². The maximum Gasteiger partial charge on any atom is 0.258 e. The predicted molar refractivity (Wildman–Crippen MR) is 68.2 cm³/mol. The van der Waals surface area contributed by atoms with E-state index < -0.39 is 11.7 Å². The van der Waals surface area contributed by atoms with Crippen LogP contribution < -0.4 is 5.73 Å². The number of halogens is 1. The highest BCUT2D eigenvalue weighted by Crippen LogP contribution is 2.31. The summed E-state index contributed by atoms with van der Waals surface area (Å²) in [5.41, 5.74) is 5.49. The lowest BCUT2D eigenvalue weighted by Gasteiger charge is -2.03. The molecule has 2 aromatic rings. The van der Waals surface area contributed by atoms with E-state index in [0.29, 0.717) is 15.3 Å². The molecule has 18 heavy (non-hydrogen) atoms. The molecule has 2 rings (SSSR count). The maximum atomic E-state index is 14.1. The molecule has 3 nitrogen and oxygen atoms in total. The van der Waals surface area contributed by atoms with Gasteiger partial charge in [-0.05, 0) is 25.1 Å². The number of carbonyl (C=O) groups excluding carboxylic acids is 2. The summed E-state index contributed by atoms with van der Waals surface area (Å²) in [4.78, 5) is 23.2. The van der Waals surface area contributed by atoms with Crippen LogP contribution in [-0.4, -0.2) is 11.7 Å². The third-order valence-electron chi connectivity index (χ3n) is 2.49. The molecule has 2 N–H and O–H groups in total. The highest BCUT2D eigenvalue weighted by Gasteiger charge is 2.15. The summed E-state index contributed by atoms with van der Waals surface area (Å²) in [6.45, 7) is 1.31. The Hall–Kier alpha value is -2.01. The summed E-state index contributed by atoms with van der Waals surface area (Å²) in [5, 5.41) is 0. The molecule has 1 amide bonds. The highest BCUT2D eigenvalue weighted by atomic mass is 32.1. The molecular formula is C13H10FNO2S. The van der Waals surface area contributed by atoms with E-state index in [1.54, 1.807) is 24.3 Å². The van der Waals surface area contributed by atoms with Crippen molar-refractivity contribution in [1.29, 1.82) is 0 Å². The van der Waals surface area contributed by atoms with Crippen LogP contribution >= 0.6 is 11.3 Å². The largest absolute Gasteiger partial charge is 0.365 e. The first-order valence-corrected chi connectivity index (χ1v) is 6.02. The zero-order valence-electron chi connectivity index (χ0n) is 9.57. The molecular weight excluding hydrogens is 253 g/mol. The molecule has 0 saturated heterocycles. The number of primary amides is 1. The fourth-order valence-corrected chi connectivity index (χ4v) is 2.49. The van der Waals surface area contributed by atoms with E-state index in [9.17, 15) is 14.0 Å². The average molecular weight is 263 g/mol. The second-order valence-electron chi connectivity index (χ2n) is 3.75. The molecule has 0 fully saturated rings. The minimum Gasteiger partial charge on any atom is -0.365 e. The molecule has 5 heteroatoms. The first-order valence-electron chi connectivity index (χ1n) is 5.20. The van der Waals surface area contributed by atoms with Gasteiger partial charge in [-0.1, -0.05) is 12.1 Å². The van der Waals surface area contributed by atoms with Crippen LogP contribution in [0.4, 0.5) is 4.39 Å². The monoisotopic (exact) mass is 263 g/mol. The van der Waals surface area contributed by atoms with E-state index in [1.807, 2.05) is 0 Å². The van der Waals surface area contributed by atoms with Gasteiger partial charge in [-0.3, -0.25) is 9.59 Å². The Morgan fingerprint density at radius 1 is 1.22 bits per heavy atom. The lowest BCUT2D eigenvalue weighted by atomic mass is 10.1. The Labute approximate surface area is 107 Å². The molecule has 0 unspecified atom stereocenters. The summed E-state index contributed by atoms with van der Waals surface area (Å²) < 4.78 is 14.1. The molecule has 0 spiro atoms. The number of nitrogens with two attached hydrogens (primary N) is 1. The standard InChI is InChI=1S/C13H10FNO2S/c1-7(16)8-3-2-4-9(12(8)14)10-5-6-11(18-10)13(15)17/h2-6H,1H3,(H2,15,17). The number of hydrogen-bond donors (Lipinski definition) is 1.